The van der Waals surface area contributed by atoms with Gasteiger partial charge in [0.1, 0.15) is 11.6 Å². The minimum Gasteiger partial charge on any atom is -0.320 e. The Morgan fingerprint density at radius 2 is 1.54 bits per heavy atom. The second-order valence-corrected chi connectivity index (χ2v) is 7.80. The second-order valence-electron chi connectivity index (χ2n) is 5.68. The summed E-state index contributed by atoms with van der Waals surface area (Å²) in [6.07, 6.45) is 0. The van der Waals surface area contributed by atoms with Gasteiger partial charge in [0, 0.05) is 5.02 Å². The number of benzene rings is 3. The van der Waals surface area contributed by atoms with Crippen LogP contribution in [-0.4, -0.2) is 14.3 Å². The molecule has 9 heteroatoms. The maximum atomic E-state index is 13.9. The predicted molar refractivity (Wildman–Crippen MR) is 103 cm³/mol. The van der Waals surface area contributed by atoms with Gasteiger partial charge in [0.2, 0.25) is 0 Å². The number of carbonyl (C=O) groups is 1. The van der Waals surface area contributed by atoms with Gasteiger partial charge in [-0.25, -0.2) is 17.2 Å². The standard InChI is InChI=1S/C19H13ClF2N2O3S/c20-12-5-10-16(22)15(11-12)19(25)23-17-3-1-2-4-18(17)24-28(26,27)14-8-6-13(21)7-9-14/h1-11,24H,(H,23,25). The molecule has 0 aromatic heterocycles. The molecule has 2 N–H and O–H groups in total. The molecule has 0 radical (unpaired) electrons. The summed E-state index contributed by atoms with van der Waals surface area (Å²) in [5, 5.41) is 2.63. The molecule has 0 saturated carbocycles. The maximum Gasteiger partial charge on any atom is 0.261 e. The highest BCUT2D eigenvalue weighted by atomic mass is 35.5. The van der Waals surface area contributed by atoms with Crippen LogP contribution in [0.1, 0.15) is 10.4 Å². The van der Waals surface area contributed by atoms with Crippen molar-refractivity contribution in [2.45, 2.75) is 4.90 Å². The topological polar surface area (TPSA) is 75.3 Å². The zero-order chi connectivity index (χ0) is 20.3. The van der Waals surface area contributed by atoms with E-state index in [1.807, 2.05) is 0 Å². The number of anilines is 2. The number of nitrogens with one attached hydrogen (secondary N) is 2. The van der Waals surface area contributed by atoms with Crippen LogP contribution in [0.15, 0.2) is 71.6 Å². The van der Waals surface area contributed by atoms with Crippen LogP contribution >= 0.6 is 11.6 Å². The molecule has 3 rings (SSSR count). The molecule has 0 fully saturated rings. The molecule has 0 saturated heterocycles. The van der Waals surface area contributed by atoms with E-state index in [4.69, 9.17) is 11.6 Å². The van der Waals surface area contributed by atoms with Crippen molar-refractivity contribution in [1.82, 2.24) is 0 Å². The molecule has 5 nitrogen and oxygen atoms in total. The molecule has 144 valence electrons. The Bertz CT molecular complexity index is 1140. The van der Waals surface area contributed by atoms with Crippen molar-refractivity contribution in [3.05, 3.63) is 89.0 Å². The fourth-order valence-corrected chi connectivity index (χ4v) is 3.61. The first-order chi connectivity index (χ1) is 13.3. The monoisotopic (exact) mass is 422 g/mol. The quantitative estimate of drug-likeness (QED) is 0.627. The van der Waals surface area contributed by atoms with Crippen molar-refractivity contribution in [2.75, 3.05) is 10.0 Å². The third kappa shape index (κ3) is 4.47. The molecule has 0 aliphatic carbocycles. The lowest BCUT2D eigenvalue weighted by Crippen LogP contribution is -2.18. The van der Waals surface area contributed by atoms with Gasteiger partial charge in [0.25, 0.3) is 15.9 Å². The number of halogens is 3. The molecule has 0 aliphatic rings. The Morgan fingerprint density at radius 3 is 2.21 bits per heavy atom. The van der Waals surface area contributed by atoms with E-state index in [0.717, 1.165) is 36.4 Å². The fraction of sp³-hybridized carbons (Fsp3) is 0. The molecule has 28 heavy (non-hydrogen) atoms. The average Bonchev–Trinajstić information content (AvgIpc) is 2.65. The first kappa shape index (κ1) is 19.8. The summed E-state index contributed by atoms with van der Waals surface area (Å²) in [7, 11) is -4.03. The highest BCUT2D eigenvalue weighted by molar-refractivity contribution is 7.92. The molecule has 0 aliphatic heterocycles. The van der Waals surface area contributed by atoms with Gasteiger partial charge in [-0.2, -0.15) is 0 Å². The number of amides is 1. The van der Waals surface area contributed by atoms with E-state index in [1.165, 1.54) is 18.2 Å². The first-order valence-electron chi connectivity index (χ1n) is 7.90. The van der Waals surface area contributed by atoms with Gasteiger partial charge in [-0.05, 0) is 54.6 Å². The van der Waals surface area contributed by atoms with Crippen molar-refractivity contribution in [3.8, 4) is 0 Å². The Balaban J connectivity index is 1.88. The molecule has 3 aromatic rings. The van der Waals surface area contributed by atoms with Crippen LogP contribution in [0.4, 0.5) is 20.2 Å². The molecule has 0 atom stereocenters. The van der Waals surface area contributed by atoms with E-state index in [0.29, 0.717) is 0 Å². The van der Waals surface area contributed by atoms with Gasteiger partial charge in [-0.15, -0.1) is 0 Å². The van der Waals surface area contributed by atoms with Gasteiger partial charge in [0.15, 0.2) is 0 Å². The van der Waals surface area contributed by atoms with Crippen LogP contribution in [0.3, 0.4) is 0 Å². The number of para-hydroxylation sites is 2. The highest BCUT2D eigenvalue weighted by Crippen LogP contribution is 2.26. The van der Waals surface area contributed by atoms with Crippen molar-refractivity contribution < 1.29 is 22.0 Å². The summed E-state index contributed by atoms with van der Waals surface area (Å²) in [6, 6.07) is 13.8. The van der Waals surface area contributed by atoms with Crippen molar-refractivity contribution in [3.63, 3.8) is 0 Å². The Labute approximate surface area is 165 Å². The van der Waals surface area contributed by atoms with E-state index in [-0.39, 0.29) is 26.9 Å². The Morgan fingerprint density at radius 1 is 0.893 bits per heavy atom. The zero-order valence-electron chi connectivity index (χ0n) is 14.1. The largest absolute Gasteiger partial charge is 0.320 e. The molecule has 0 heterocycles. The van der Waals surface area contributed by atoms with Crippen LogP contribution in [0.25, 0.3) is 0 Å². The third-order valence-corrected chi connectivity index (χ3v) is 5.33. The minimum absolute atomic E-state index is 0.0580. The number of sulfonamides is 1. The summed E-state index contributed by atoms with van der Waals surface area (Å²) in [6.45, 7) is 0. The van der Waals surface area contributed by atoms with Gasteiger partial charge < -0.3 is 5.32 Å². The molecule has 0 bridgehead atoms. The Kier molecular flexibility index (Phi) is 5.62. The molecule has 1 amide bonds. The van der Waals surface area contributed by atoms with Gasteiger partial charge in [0.05, 0.1) is 21.8 Å². The van der Waals surface area contributed by atoms with Gasteiger partial charge >= 0.3 is 0 Å². The van der Waals surface area contributed by atoms with Crippen LogP contribution in [-0.2, 0) is 10.0 Å². The summed E-state index contributed by atoms with van der Waals surface area (Å²) < 4.78 is 54.2. The predicted octanol–water partition coefficient (Wildman–Crippen LogP) is 4.67. The van der Waals surface area contributed by atoms with E-state index in [1.54, 1.807) is 12.1 Å². The molecule has 3 aromatic carbocycles. The maximum absolute atomic E-state index is 13.9. The lowest BCUT2D eigenvalue weighted by atomic mass is 10.2. The zero-order valence-corrected chi connectivity index (χ0v) is 15.7. The average molecular weight is 423 g/mol. The van der Waals surface area contributed by atoms with Crippen LogP contribution < -0.4 is 10.0 Å². The number of rotatable bonds is 5. The van der Waals surface area contributed by atoms with Crippen LogP contribution in [0.2, 0.25) is 5.02 Å². The Hall–Kier alpha value is -2.97. The fourth-order valence-electron chi connectivity index (χ4n) is 2.36. The van der Waals surface area contributed by atoms with Gasteiger partial charge in [-0.1, -0.05) is 23.7 Å². The molecular weight excluding hydrogens is 410 g/mol. The van der Waals surface area contributed by atoms with E-state index in [9.17, 15) is 22.0 Å². The lowest BCUT2D eigenvalue weighted by molar-refractivity contribution is 0.102. The van der Waals surface area contributed by atoms with E-state index < -0.39 is 27.6 Å². The molecule has 0 unspecified atom stereocenters. The van der Waals surface area contributed by atoms with Gasteiger partial charge in [-0.3, -0.25) is 9.52 Å². The third-order valence-electron chi connectivity index (χ3n) is 3.72. The summed E-state index contributed by atoms with van der Waals surface area (Å²) in [5.41, 5.74) is -0.121. The number of hydrogen-bond donors (Lipinski definition) is 2. The summed E-state index contributed by atoms with van der Waals surface area (Å²) in [5.74, 6) is -2.14. The van der Waals surface area contributed by atoms with E-state index >= 15 is 0 Å². The summed E-state index contributed by atoms with van der Waals surface area (Å²) in [4.78, 5) is 12.2. The molecular formula is C19H13ClF2N2O3S. The van der Waals surface area contributed by atoms with Crippen LogP contribution in [0, 0.1) is 11.6 Å². The molecule has 0 spiro atoms. The minimum atomic E-state index is -4.03. The second kappa shape index (κ2) is 7.95. The first-order valence-corrected chi connectivity index (χ1v) is 9.76. The van der Waals surface area contributed by atoms with Crippen LogP contribution in [0.5, 0.6) is 0 Å². The SMILES string of the molecule is O=C(Nc1ccccc1NS(=O)(=O)c1ccc(F)cc1)c1cc(Cl)ccc1F. The smallest absolute Gasteiger partial charge is 0.261 e. The van der Waals surface area contributed by atoms with Crippen molar-refractivity contribution in [2.24, 2.45) is 0 Å². The number of carbonyl (C=O) groups excluding carboxylic acids is 1. The lowest BCUT2D eigenvalue weighted by Gasteiger charge is -2.14. The van der Waals surface area contributed by atoms with E-state index in [2.05, 4.69) is 10.0 Å². The number of hydrogen-bond acceptors (Lipinski definition) is 3. The van der Waals surface area contributed by atoms with Crippen molar-refractivity contribution in [1.29, 1.82) is 0 Å². The normalized spacial score (nSPS) is 11.1. The highest BCUT2D eigenvalue weighted by Gasteiger charge is 2.18. The summed E-state index contributed by atoms with van der Waals surface area (Å²) >= 11 is 5.80. The van der Waals surface area contributed by atoms with Crippen molar-refractivity contribution >= 4 is 38.9 Å².